The lowest BCUT2D eigenvalue weighted by Crippen LogP contribution is -2.48. The molecule has 0 saturated carbocycles. The first-order valence-corrected chi connectivity index (χ1v) is 6.77. The molecule has 1 fully saturated rings. The van der Waals surface area contributed by atoms with Crippen LogP contribution < -0.4 is 5.56 Å². The number of piperidine rings is 1. The number of hydrogen-bond donors (Lipinski definition) is 1. The van der Waals surface area contributed by atoms with E-state index in [-0.39, 0.29) is 24.4 Å². The number of pyridine rings is 1. The number of hydrogen-bond acceptors (Lipinski definition) is 3. The zero-order valence-electron chi connectivity index (χ0n) is 11.2. The first kappa shape index (κ1) is 14.3. The van der Waals surface area contributed by atoms with Gasteiger partial charge in [-0.3, -0.25) is 9.59 Å². The van der Waals surface area contributed by atoms with Crippen molar-refractivity contribution in [2.75, 3.05) is 6.54 Å². The van der Waals surface area contributed by atoms with Gasteiger partial charge < -0.3 is 14.6 Å². The van der Waals surface area contributed by atoms with E-state index >= 15 is 0 Å². The number of aliphatic carboxylic acids is 1. The van der Waals surface area contributed by atoms with Crippen LogP contribution in [0.1, 0.15) is 25.7 Å². The highest BCUT2D eigenvalue weighted by molar-refractivity contribution is 5.83. The molecule has 1 unspecified atom stereocenters. The van der Waals surface area contributed by atoms with Crippen molar-refractivity contribution >= 4 is 11.9 Å². The number of carboxylic acids is 1. The first-order valence-electron chi connectivity index (χ1n) is 6.77. The van der Waals surface area contributed by atoms with Gasteiger partial charge in [0.1, 0.15) is 6.04 Å². The monoisotopic (exact) mass is 278 g/mol. The number of carboxylic acid groups (broad SMARTS) is 1. The summed E-state index contributed by atoms with van der Waals surface area (Å²) in [7, 11) is 0. The normalized spacial score (nSPS) is 18.8. The Labute approximate surface area is 116 Å². The summed E-state index contributed by atoms with van der Waals surface area (Å²) in [5, 5.41) is 9.14. The molecule has 1 amide bonds. The fraction of sp³-hybridized carbons (Fsp3) is 0.500. The second kappa shape index (κ2) is 6.36. The Balaban J connectivity index is 1.99. The van der Waals surface area contributed by atoms with Crippen LogP contribution in [-0.4, -0.2) is 39.0 Å². The molecular formula is C14H18N2O4. The van der Waals surface area contributed by atoms with Gasteiger partial charge in [-0.2, -0.15) is 0 Å². The lowest BCUT2D eigenvalue weighted by Gasteiger charge is -2.33. The molecule has 20 heavy (non-hydrogen) atoms. The third-order valence-electron chi connectivity index (χ3n) is 3.57. The largest absolute Gasteiger partial charge is 0.480 e. The topological polar surface area (TPSA) is 79.6 Å². The van der Waals surface area contributed by atoms with Gasteiger partial charge >= 0.3 is 5.97 Å². The zero-order valence-corrected chi connectivity index (χ0v) is 11.2. The van der Waals surface area contributed by atoms with Crippen LogP contribution in [0.25, 0.3) is 0 Å². The number of likely N-dealkylation sites (tertiary alicyclic amines) is 1. The van der Waals surface area contributed by atoms with E-state index in [0.717, 1.165) is 12.8 Å². The van der Waals surface area contributed by atoms with Gasteiger partial charge in [-0.25, -0.2) is 4.79 Å². The number of amides is 1. The second-order valence-corrected chi connectivity index (χ2v) is 4.92. The quantitative estimate of drug-likeness (QED) is 0.879. The van der Waals surface area contributed by atoms with E-state index in [0.29, 0.717) is 13.0 Å². The van der Waals surface area contributed by atoms with Gasteiger partial charge in [-0.15, -0.1) is 0 Å². The molecule has 0 spiro atoms. The van der Waals surface area contributed by atoms with E-state index in [1.807, 2.05) is 0 Å². The van der Waals surface area contributed by atoms with E-state index in [1.54, 1.807) is 18.3 Å². The molecule has 0 radical (unpaired) electrons. The van der Waals surface area contributed by atoms with Gasteiger partial charge in [-0.1, -0.05) is 6.07 Å². The van der Waals surface area contributed by atoms with Gasteiger partial charge in [0.25, 0.3) is 5.56 Å². The number of carbonyl (C=O) groups is 2. The molecule has 0 aromatic carbocycles. The second-order valence-electron chi connectivity index (χ2n) is 4.92. The van der Waals surface area contributed by atoms with Gasteiger partial charge in [-0.05, 0) is 25.3 Å². The van der Waals surface area contributed by atoms with Crippen molar-refractivity contribution in [1.29, 1.82) is 0 Å². The highest BCUT2D eigenvalue weighted by Crippen LogP contribution is 2.18. The van der Waals surface area contributed by atoms with Crippen molar-refractivity contribution < 1.29 is 14.7 Å². The molecule has 1 N–H and O–H groups in total. The standard InChI is InChI=1S/C14H18N2O4/c17-12-6-2-3-8-15(12)10-7-13(18)16-9-4-1-5-11(16)14(19)20/h2-3,6,8,11H,1,4-5,7,9-10H2,(H,19,20). The van der Waals surface area contributed by atoms with Crippen LogP contribution in [0.5, 0.6) is 0 Å². The molecule has 1 aromatic heterocycles. The summed E-state index contributed by atoms with van der Waals surface area (Å²) in [6.07, 6.45) is 3.94. The van der Waals surface area contributed by atoms with Gasteiger partial charge in [0.2, 0.25) is 5.91 Å². The predicted octanol–water partition coefficient (Wildman–Crippen LogP) is 0.704. The van der Waals surface area contributed by atoms with E-state index in [4.69, 9.17) is 5.11 Å². The Bertz CT molecular complexity index is 552. The molecule has 1 aliphatic heterocycles. The highest BCUT2D eigenvalue weighted by Gasteiger charge is 2.31. The summed E-state index contributed by atoms with van der Waals surface area (Å²) in [5.41, 5.74) is -0.159. The number of aromatic nitrogens is 1. The maximum absolute atomic E-state index is 12.1. The summed E-state index contributed by atoms with van der Waals surface area (Å²) in [4.78, 5) is 36.2. The van der Waals surface area contributed by atoms with E-state index < -0.39 is 12.0 Å². The van der Waals surface area contributed by atoms with Crippen molar-refractivity contribution in [1.82, 2.24) is 9.47 Å². The number of aryl methyl sites for hydroxylation is 1. The first-order chi connectivity index (χ1) is 9.59. The summed E-state index contributed by atoms with van der Waals surface area (Å²) < 4.78 is 1.46. The minimum absolute atomic E-state index is 0.147. The molecule has 1 atom stereocenters. The van der Waals surface area contributed by atoms with Crippen LogP contribution in [-0.2, 0) is 16.1 Å². The molecule has 1 saturated heterocycles. The molecule has 6 nitrogen and oxygen atoms in total. The fourth-order valence-electron chi connectivity index (χ4n) is 2.49. The summed E-state index contributed by atoms with van der Waals surface area (Å²) in [6, 6.07) is 4.09. The molecule has 108 valence electrons. The smallest absolute Gasteiger partial charge is 0.326 e. The molecule has 1 aliphatic rings. The van der Waals surface area contributed by atoms with Crippen molar-refractivity contribution in [3.8, 4) is 0 Å². The van der Waals surface area contributed by atoms with E-state index in [2.05, 4.69) is 0 Å². The molecule has 1 aromatic rings. The molecule has 2 rings (SSSR count). The minimum atomic E-state index is -0.949. The molecular weight excluding hydrogens is 260 g/mol. The van der Waals surface area contributed by atoms with Crippen molar-refractivity contribution in [3.63, 3.8) is 0 Å². The van der Waals surface area contributed by atoms with Crippen LogP contribution in [0.15, 0.2) is 29.2 Å². The van der Waals surface area contributed by atoms with Crippen LogP contribution in [0.3, 0.4) is 0 Å². The van der Waals surface area contributed by atoms with Crippen LogP contribution in [0, 0.1) is 0 Å². The molecule has 2 heterocycles. The van der Waals surface area contributed by atoms with Gasteiger partial charge in [0, 0.05) is 31.8 Å². The lowest BCUT2D eigenvalue weighted by atomic mass is 10.0. The SMILES string of the molecule is O=C(O)C1CCCCN1C(=O)CCn1ccccc1=O. The Hall–Kier alpha value is -2.11. The van der Waals surface area contributed by atoms with Gasteiger partial charge in [0.05, 0.1) is 0 Å². The zero-order chi connectivity index (χ0) is 14.5. The summed E-state index contributed by atoms with van der Waals surface area (Å²) in [5.74, 6) is -1.15. The Kier molecular flexibility index (Phi) is 4.55. The Morgan fingerprint density at radius 2 is 2.10 bits per heavy atom. The number of nitrogens with zero attached hydrogens (tertiary/aromatic N) is 2. The van der Waals surface area contributed by atoms with Crippen LogP contribution in [0.2, 0.25) is 0 Å². The average Bonchev–Trinajstić information content (AvgIpc) is 2.46. The van der Waals surface area contributed by atoms with Gasteiger partial charge in [0.15, 0.2) is 0 Å². The van der Waals surface area contributed by atoms with Crippen LogP contribution in [0.4, 0.5) is 0 Å². The van der Waals surface area contributed by atoms with Crippen molar-refractivity contribution in [3.05, 3.63) is 34.7 Å². The lowest BCUT2D eigenvalue weighted by molar-refractivity contribution is -0.152. The third kappa shape index (κ3) is 3.26. The molecule has 0 aliphatic carbocycles. The minimum Gasteiger partial charge on any atom is -0.480 e. The predicted molar refractivity (Wildman–Crippen MR) is 72.3 cm³/mol. The summed E-state index contributed by atoms with van der Waals surface area (Å²) >= 11 is 0. The number of carbonyl (C=O) groups excluding carboxylic acids is 1. The van der Waals surface area contributed by atoms with Crippen LogP contribution >= 0.6 is 0 Å². The highest BCUT2D eigenvalue weighted by atomic mass is 16.4. The van der Waals surface area contributed by atoms with E-state index in [1.165, 1.54) is 15.5 Å². The fourth-order valence-corrected chi connectivity index (χ4v) is 2.49. The molecule has 0 bridgehead atoms. The number of rotatable bonds is 4. The summed E-state index contributed by atoms with van der Waals surface area (Å²) in [6.45, 7) is 0.765. The third-order valence-corrected chi connectivity index (χ3v) is 3.57. The van der Waals surface area contributed by atoms with Crippen molar-refractivity contribution in [2.45, 2.75) is 38.3 Å². The maximum Gasteiger partial charge on any atom is 0.326 e. The Morgan fingerprint density at radius 1 is 1.30 bits per heavy atom. The van der Waals surface area contributed by atoms with E-state index in [9.17, 15) is 14.4 Å². The molecule has 6 heteroatoms. The average molecular weight is 278 g/mol. The Morgan fingerprint density at radius 3 is 2.80 bits per heavy atom. The maximum atomic E-state index is 12.1. The van der Waals surface area contributed by atoms with Crippen molar-refractivity contribution in [2.24, 2.45) is 0 Å².